The van der Waals surface area contributed by atoms with Crippen molar-refractivity contribution in [2.45, 2.75) is 25.6 Å². The predicted octanol–water partition coefficient (Wildman–Crippen LogP) is 2.96. The molecule has 0 aromatic heterocycles. The molecule has 1 aromatic rings. The second kappa shape index (κ2) is 6.58. The van der Waals surface area contributed by atoms with E-state index >= 15 is 0 Å². The number of hydrogen-bond donors (Lipinski definition) is 0. The van der Waals surface area contributed by atoms with E-state index in [1.54, 1.807) is 6.07 Å². The van der Waals surface area contributed by atoms with Gasteiger partial charge in [0.25, 0.3) is 0 Å². The lowest BCUT2D eigenvalue weighted by Gasteiger charge is -2.32. The zero-order valence-corrected chi connectivity index (χ0v) is 13.3. The standard InChI is InChI=1S/C15H20F3NO2S/c1-22(20,21)11-13-5-3-7-19(10-13)9-12-4-2-6-14(8-12)15(16,17)18/h2,4,6,8,13H,3,5,7,9-11H2,1H3. The van der Waals surface area contributed by atoms with Crippen molar-refractivity contribution in [2.75, 3.05) is 25.1 Å². The van der Waals surface area contributed by atoms with E-state index in [0.717, 1.165) is 25.5 Å². The summed E-state index contributed by atoms with van der Waals surface area (Å²) in [4.78, 5) is 2.04. The highest BCUT2D eigenvalue weighted by molar-refractivity contribution is 7.90. The fourth-order valence-electron chi connectivity index (χ4n) is 2.96. The molecule has 7 heteroatoms. The third-order valence-corrected chi connectivity index (χ3v) is 4.88. The van der Waals surface area contributed by atoms with Gasteiger partial charge in [0.1, 0.15) is 9.84 Å². The summed E-state index contributed by atoms with van der Waals surface area (Å²) >= 11 is 0. The molecule has 2 rings (SSSR count). The van der Waals surface area contributed by atoms with Gasteiger partial charge >= 0.3 is 6.18 Å². The highest BCUT2D eigenvalue weighted by atomic mass is 32.2. The van der Waals surface area contributed by atoms with E-state index in [9.17, 15) is 21.6 Å². The van der Waals surface area contributed by atoms with Crippen LogP contribution in [-0.2, 0) is 22.6 Å². The van der Waals surface area contributed by atoms with Gasteiger partial charge in [-0.2, -0.15) is 13.2 Å². The minimum Gasteiger partial charge on any atom is -0.299 e. The van der Waals surface area contributed by atoms with Gasteiger partial charge in [0.2, 0.25) is 0 Å². The van der Waals surface area contributed by atoms with Crippen LogP contribution in [0.3, 0.4) is 0 Å². The summed E-state index contributed by atoms with van der Waals surface area (Å²) in [6, 6.07) is 5.32. The minimum atomic E-state index is -4.34. The first-order valence-corrected chi connectivity index (χ1v) is 9.26. The summed E-state index contributed by atoms with van der Waals surface area (Å²) < 4.78 is 60.9. The number of halogens is 3. The quantitative estimate of drug-likeness (QED) is 0.849. The van der Waals surface area contributed by atoms with Gasteiger partial charge < -0.3 is 0 Å². The Morgan fingerprint density at radius 1 is 1.32 bits per heavy atom. The number of piperidine rings is 1. The normalized spacial score (nSPS) is 21.0. The van der Waals surface area contributed by atoms with Crippen molar-refractivity contribution < 1.29 is 21.6 Å². The first kappa shape index (κ1) is 17.3. The molecular weight excluding hydrogens is 315 g/mol. The Balaban J connectivity index is 2.01. The monoisotopic (exact) mass is 335 g/mol. The van der Waals surface area contributed by atoms with Gasteiger partial charge in [0.15, 0.2) is 0 Å². The third-order valence-electron chi connectivity index (χ3n) is 3.80. The van der Waals surface area contributed by atoms with E-state index in [2.05, 4.69) is 0 Å². The highest BCUT2D eigenvalue weighted by Gasteiger charge is 2.30. The van der Waals surface area contributed by atoms with Crippen LogP contribution < -0.4 is 0 Å². The van der Waals surface area contributed by atoms with E-state index in [0.29, 0.717) is 18.7 Å². The van der Waals surface area contributed by atoms with E-state index < -0.39 is 21.6 Å². The van der Waals surface area contributed by atoms with Crippen molar-refractivity contribution in [3.63, 3.8) is 0 Å². The maximum atomic E-state index is 12.7. The van der Waals surface area contributed by atoms with E-state index in [-0.39, 0.29) is 11.7 Å². The van der Waals surface area contributed by atoms with E-state index in [4.69, 9.17) is 0 Å². The van der Waals surface area contributed by atoms with Crippen molar-refractivity contribution in [1.82, 2.24) is 4.90 Å². The number of nitrogens with zero attached hydrogens (tertiary/aromatic N) is 1. The summed E-state index contributed by atoms with van der Waals surface area (Å²) in [7, 11) is -3.02. The van der Waals surface area contributed by atoms with Crippen LogP contribution in [0.15, 0.2) is 24.3 Å². The van der Waals surface area contributed by atoms with Gasteiger partial charge in [-0.05, 0) is 36.9 Å². The van der Waals surface area contributed by atoms with Crippen LogP contribution in [0.5, 0.6) is 0 Å². The van der Waals surface area contributed by atoms with Crippen LogP contribution >= 0.6 is 0 Å². The SMILES string of the molecule is CS(=O)(=O)CC1CCCN(Cc2cccc(C(F)(F)F)c2)C1. The van der Waals surface area contributed by atoms with Gasteiger partial charge in [0, 0.05) is 19.3 Å². The average molecular weight is 335 g/mol. The smallest absolute Gasteiger partial charge is 0.299 e. The van der Waals surface area contributed by atoms with E-state index in [1.165, 1.54) is 18.4 Å². The topological polar surface area (TPSA) is 37.4 Å². The molecule has 1 atom stereocenters. The molecule has 0 radical (unpaired) electrons. The molecule has 3 nitrogen and oxygen atoms in total. The highest BCUT2D eigenvalue weighted by Crippen LogP contribution is 2.30. The minimum absolute atomic E-state index is 0.0644. The number of likely N-dealkylation sites (tertiary alicyclic amines) is 1. The molecule has 1 heterocycles. The molecule has 1 saturated heterocycles. The van der Waals surface area contributed by atoms with Crippen LogP contribution in [0.2, 0.25) is 0 Å². The first-order chi connectivity index (χ1) is 10.1. The number of rotatable bonds is 4. The summed E-state index contributed by atoms with van der Waals surface area (Å²) in [5.41, 5.74) is -0.0375. The third kappa shape index (κ3) is 5.28. The first-order valence-electron chi connectivity index (χ1n) is 7.20. The Morgan fingerprint density at radius 2 is 2.05 bits per heavy atom. The molecule has 124 valence electrons. The Kier molecular flexibility index (Phi) is 5.17. The molecule has 22 heavy (non-hydrogen) atoms. The fraction of sp³-hybridized carbons (Fsp3) is 0.600. The van der Waals surface area contributed by atoms with Crippen molar-refractivity contribution >= 4 is 9.84 Å². The summed E-state index contributed by atoms with van der Waals surface area (Å²) in [6.07, 6.45) is -1.39. The largest absolute Gasteiger partial charge is 0.416 e. The Labute approximate surface area is 129 Å². The second-order valence-electron chi connectivity index (χ2n) is 6.03. The van der Waals surface area contributed by atoms with Crippen LogP contribution in [0, 0.1) is 5.92 Å². The Hall–Kier alpha value is -1.08. The van der Waals surface area contributed by atoms with Crippen LogP contribution in [0.1, 0.15) is 24.0 Å². The molecule has 1 aliphatic rings. The maximum Gasteiger partial charge on any atom is 0.416 e. The molecule has 0 spiro atoms. The second-order valence-corrected chi connectivity index (χ2v) is 8.22. The van der Waals surface area contributed by atoms with Crippen LogP contribution in [0.4, 0.5) is 13.2 Å². The van der Waals surface area contributed by atoms with Crippen molar-refractivity contribution in [3.8, 4) is 0 Å². The van der Waals surface area contributed by atoms with Crippen molar-refractivity contribution in [1.29, 1.82) is 0 Å². The molecular formula is C15H20F3NO2S. The maximum absolute atomic E-state index is 12.7. The summed E-state index contributed by atoms with van der Waals surface area (Å²) in [5, 5.41) is 0. The number of hydrogen-bond acceptors (Lipinski definition) is 3. The number of sulfone groups is 1. The van der Waals surface area contributed by atoms with Crippen molar-refractivity contribution in [3.05, 3.63) is 35.4 Å². The van der Waals surface area contributed by atoms with Crippen LogP contribution in [0.25, 0.3) is 0 Å². The van der Waals surface area contributed by atoms with Gasteiger partial charge in [-0.3, -0.25) is 4.90 Å². The van der Waals surface area contributed by atoms with Crippen molar-refractivity contribution in [2.24, 2.45) is 5.92 Å². The molecule has 1 fully saturated rings. The lowest BCUT2D eigenvalue weighted by Crippen LogP contribution is -2.37. The number of benzene rings is 1. The molecule has 1 aromatic carbocycles. The van der Waals surface area contributed by atoms with Gasteiger partial charge in [-0.15, -0.1) is 0 Å². The Bertz CT molecular complexity index is 613. The lowest BCUT2D eigenvalue weighted by molar-refractivity contribution is -0.137. The molecule has 0 saturated carbocycles. The zero-order chi connectivity index (χ0) is 16.4. The molecule has 0 bridgehead atoms. The Morgan fingerprint density at radius 3 is 2.68 bits per heavy atom. The summed E-state index contributed by atoms with van der Waals surface area (Å²) in [5.74, 6) is 0.209. The van der Waals surface area contributed by atoms with Gasteiger partial charge in [0.05, 0.1) is 11.3 Å². The molecule has 0 amide bonds. The fourth-order valence-corrected chi connectivity index (χ4v) is 4.09. The molecule has 1 unspecified atom stereocenters. The summed E-state index contributed by atoms with van der Waals surface area (Å²) in [6.45, 7) is 1.82. The molecule has 0 aliphatic carbocycles. The average Bonchev–Trinajstić information content (AvgIpc) is 2.36. The van der Waals surface area contributed by atoms with Crippen LogP contribution in [-0.4, -0.2) is 38.4 Å². The van der Waals surface area contributed by atoms with E-state index in [1.807, 2.05) is 4.90 Å². The predicted molar refractivity (Wildman–Crippen MR) is 79.2 cm³/mol. The number of alkyl halides is 3. The molecule has 1 aliphatic heterocycles. The van der Waals surface area contributed by atoms with Gasteiger partial charge in [-0.25, -0.2) is 8.42 Å². The lowest BCUT2D eigenvalue weighted by atomic mass is 9.99. The van der Waals surface area contributed by atoms with Gasteiger partial charge in [-0.1, -0.05) is 18.2 Å². The zero-order valence-electron chi connectivity index (χ0n) is 12.4. The molecule has 0 N–H and O–H groups in total.